The molecule has 0 aromatic carbocycles. The van der Waals surface area contributed by atoms with Crippen molar-refractivity contribution in [2.24, 2.45) is 4.99 Å². The number of hydrogen-bond donors (Lipinski definition) is 0. The first-order valence-electron chi connectivity index (χ1n) is 3.70. The highest BCUT2D eigenvalue weighted by Crippen LogP contribution is 2.06. The molecule has 0 aliphatic carbocycles. The second-order valence-corrected chi connectivity index (χ2v) is 2.80. The zero-order chi connectivity index (χ0) is 8.69. The lowest BCUT2D eigenvalue weighted by Gasteiger charge is -1.93. The van der Waals surface area contributed by atoms with Crippen molar-refractivity contribution in [3.8, 4) is 0 Å². The van der Waals surface area contributed by atoms with E-state index in [2.05, 4.69) is 25.6 Å². The van der Waals surface area contributed by atoms with E-state index in [1.807, 2.05) is 6.08 Å². The maximum Gasteiger partial charge on any atom is 0.128 e. The molecular formula is C9H14ClN. The molecule has 0 amide bonds. The fourth-order valence-electron chi connectivity index (χ4n) is 0.741. The lowest BCUT2D eigenvalue weighted by atomic mass is 10.2. The third-order valence-electron chi connectivity index (χ3n) is 1.30. The summed E-state index contributed by atoms with van der Waals surface area (Å²) in [6.45, 7) is 7.53. The molecule has 0 spiro atoms. The molecule has 0 aliphatic rings. The van der Waals surface area contributed by atoms with E-state index in [1.165, 1.54) is 5.57 Å². The second-order valence-electron chi connectivity index (χ2n) is 2.41. The van der Waals surface area contributed by atoms with Crippen molar-refractivity contribution < 1.29 is 0 Å². The molecule has 0 bridgehead atoms. The molecule has 0 N–H and O–H groups in total. The van der Waals surface area contributed by atoms with Gasteiger partial charge in [0.2, 0.25) is 0 Å². The maximum atomic E-state index is 5.60. The SMILES string of the molecule is C=N/C(Cl)=C\C=C(\C)CCC. The van der Waals surface area contributed by atoms with Crippen LogP contribution in [0.4, 0.5) is 0 Å². The molecule has 11 heavy (non-hydrogen) atoms. The molecule has 0 saturated carbocycles. The Hall–Kier alpha value is -0.560. The van der Waals surface area contributed by atoms with Crippen molar-refractivity contribution in [2.45, 2.75) is 26.7 Å². The Kier molecular flexibility index (Phi) is 5.86. The van der Waals surface area contributed by atoms with Crippen LogP contribution in [0, 0.1) is 0 Å². The van der Waals surface area contributed by atoms with Gasteiger partial charge in [-0.2, -0.15) is 0 Å². The minimum absolute atomic E-state index is 0.445. The molecule has 62 valence electrons. The molecule has 0 aromatic heterocycles. The van der Waals surface area contributed by atoms with Crippen LogP contribution in [0.5, 0.6) is 0 Å². The van der Waals surface area contributed by atoms with Gasteiger partial charge in [-0.3, -0.25) is 4.99 Å². The van der Waals surface area contributed by atoms with Crippen molar-refractivity contribution in [2.75, 3.05) is 0 Å². The highest BCUT2D eigenvalue weighted by atomic mass is 35.5. The van der Waals surface area contributed by atoms with Crippen LogP contribution in [-0.2, 0) is 0 Å². The summed E-state index contributed by atoms with van der Waals surface area (Å²) in [6, 6.07) is 0. The quantitative estimate of drug-likeness (QED) is 0.349. The van der Waals surface area contributed by atoms with Gasteiger partial charge in [0.15, 0.2) is 0 Å². The molecule has 0 fully saturated rings. The summed E-state index contributed by atoms with van der Waals surface area (Å²) in [7, 11) is 0. The van der Waals surface area contributed by atoms with E-state index in [-0.39, 0.29) is 0 Å². The van der Waals surface area contributed by atoms with E-state index in [9.17, 15) is 0 Å². The first kappa shape index (κ1) is 10.4. The van der Waals surface area contributed by atoms with Crippen LogP contribution in [0.25, 0.3) is 0 Å². The van der Waals surface area contributed by atoms with Crippen molar-refractivity contribution in [3.05, 3.63) is 22.9 Å². The maximum absolute atomic E-state index is 5.60. The number of halogens is 1. The zero-order valence-electron chi connectivity index (χ0n) is 7.10. The Bertz CT molecular complexity index is 180. The molecule has 0 saturated heterocycles. The van der Waals surface area contributed by atoms with Crippen molar-refractivity contribution in [1.82, 2.24) is 0 Å². The zero-order valence-corrected chi connectivity index (χ0v) is 7.86. The molecule has 0 aliphatic heterocycles. The third-order valence-corrected chi connectivity index (χ3v) is 1.55. The van der Waals surface area contributed by atoms with E-state index >= 15 is 0 Å². The molecule has 0 aromatic rings. The average molecular weight is 172 g/mol. The van der Waals surface area contributed by atoms with Crippen molar-refractivity contribution in [1.29, 1.82) is 0 Å². The van der Waals surface area contributed by atoms with Crippen molar-refractivity contribution in [3.63, 3.8) is 0 Å². The van der Waals surface area contributed by atoms with Crippen molar-refractivity contribution >= 4 is 18.3 Å². The number of allylic oxidation sites excluding steroid dienone is 3. The summed E-state index contributed by atoms with van der Waals surface area (Å²) in [5, 5.41) is 0.445. The molecule has 0 atom stereocenters. The van der Waals surface area contributed by atoms with Crippen LogP contribution in [0.3, 0.4) is 0 Å². The van der Waals surface area contributed by atoms with Gasteiger partial charge in [-0.25, -0.2) is 0 Å². The molecule has 0 rings (SSSR count). The fraction of sp³-hybridized carbons (Fsp3) is 0.444. The number of aliphatic imine (C=N–C) groups is 1. The monoisotopic (exact) mass is 171 g/mol. The molecular weight excluding hydrogens is 158 g/mol. The Morgan fingerprint density at radius 3 is 2.64 bits per heavy atom. The molecule has 0 radical (unpaired) electrons. The summed E-state index contributed by atoms with van der Waals surface area (Å²) >= 11 is 5.60. The lowest BCUT2D eigenvalue weighted by molar-refractivity contribution is 0.905. The van der Waals surface area contributed by atoms with E-state index < -0.39 is 0 Å². The van der Waals surface area contributed by atoms with Gasteiger partial charge < -0.3 is 0 Å². The van der Waals surface area contributed by atoms with Gasteiger partial charge in [-0.15, -0.1) is 0 Å². The fourth-order valence-corrected chi connectivity index (χ4v) is 0.804. The van der Waals surface area contributed by atoms with Crippen LogP contribution in [0.1, 0.15) is 26.7 Å². The topological polar surface area (TPSA) is 12.4 Å². The molecule has 0 unspecified atom stereocenters. The van der Waals surface area contributed by atoms with E-state index in [4.69, 9.17) is 11.6 Å². The van der Waals surface area contributed by atoms with Crippen LogP contribution in [-0.4, -0.2) is 6.72 Å². The van der Waals surface area contributed by atoms with E-state index in [0.717, 1.165) is 12.8 Å². The summed E-state index contributed by atoms with van der Waals surface area (Å²) in [5.74, 6) is 0. The number of hydrogen-bond acceptors (Lipinski definition) is 1. The normalized spacial score (nSPS) is 13.4. The minimum Gasteiger partial charge on any atom is -0.252 e. The van der Waals surface area contributed by atoms with Gasteiger partial charge in [-0.1, -0.05) is 36.6 Å². The predicted octanol–water partition coefficient (Wildman–Crippen LogP) is 3.51. The Morgan fingerprint density at radius 1 is 1.55 bits per heavy atom. The largest absolute Gasteiger partial charge is 0.252 e. The summed E-state index contributed by atoms with van der Waals surface area (Å²) in [5.41, 5.74) is 1.31. The highest BCUT2D eigenvalue weighted by molar-refractivity contribution is 6.29. The standard InChI is InChI=1S/C9H14ClN/c1-4-5-8(2)6-7-9(10)11-3/h6-7H,3-5H2,1-2H3/b8-6-,9-7-. The van der Waals surface area contributed by atoms with Crippen LogP contribution in [0.15, 0.2) is 27.9 Å². The smallest absolute Gasteiger partial charge is 0.128 e. The first-order chi connectivity index (χ1) is 5.20. The second kappa shape index (κ2) is 6.17. The average Bonchev–Trinajstić information content (AvgIpc) is 2.01. The van der Waals surface area contributed by atoms with E-state index in [1.54, 1.807) is 6.08 Å². The van der Waals surface area contributed by atoms with Gasteiger partial charge >= 0.3 is 0 Å². The van der Waals surface area contributed by atoms with Gasteiger partial charge in [0.25, 0.3) is 0 Å². The summed E-state index contributed by atoms with van der Waals surface area (Å²) in [4.78, 5) is 3.55. The Labute approximate surface area is 73.5 Å². The Morgan fingerprint density at radius 2 is 2.18 bits per heavy atom. The molecule has 2 heteroatoms. The van der Waals surface area contributed by atoms with Crippen LogP contribution in [0.2, 0.25) is 0 Å². The van der Waals surface area contributed by atoms with Gasteiger partial charge in [0.1, 0.15) is 5.16 Å². The highest BCUT2D eigenvalue weighted by Gasteiger charge is 1.85. The predicted molar refractivity (Wildman–Crippen MR) is 52.2 cm³/mol. The van der Waals surface area contributed by atoms with Gasteiger partial charge in [0.05, 0.1) is 0 Å². The summed E-state index contributed by atoms with van der Waals surface area (Å²) < 4.78 is 0. The first-order valence-corrected chi connectivity index (χ1v) is 4.08. The molecule has 0 heterocycles. The lowest BCUT2D eigenvalue weighted by Crippen LogP contribution is -1.73. The Balaban J connectivity index is 3.99. The minimum atomic E-state index is 0.445. The van der Waals surface area contributed by atoms with E-state index in [0.29, 0.717) is 5.16 Å². The molecule has 1 nitrogen and oxygen atoms in total. The third kappa shape index (κ3) is 5.86. The van der Waals surface area contributed by atoms with Crippen LogP contribution >= 0.6 is 11.6 Å². The van der Waals surface area contributed by atoms with Gasteiger partial charge in [-0.05, 0) is 26.1 Å². The number of nitrogens with zero attached hydrogens (tertiary/aromatic N) is 1. The number of rotatable bonds is 4. The summed E-state index contributed by atoms with van der Waals surface area (Å²) in [6.07, 6.45) is 6.01. The van der Waals surface area contributed by atoms with Crippen LogP contribution < -0.4 is 0 Å². The van der Waals surface area contributed by atoms with Gasteiger partial charge in [0, 0.05) is 0 Å².